The van der Waals surface area contributed by atoms with E-state index in [-0.39, 0.29) is 5.91 Å². The van der Waals surface area contributed by atoms with E-state index in [1.165, 1.54) is 4.90 Å². The third-order valence-corrected chi connectivity index (χ3v) is 4.92. The van der Waals surface area contributed by atoms with Crippen molar-refractivity contribution in [3.05, 3.63) is 59.7 Å². The average molecular weight is 380 g/mol. The number of ether oxygens (including phenoxy) is 1. The van der Waals surface area contributed by atoms with E-state index in [1.807, 2.05) is 24.3 Å². The fourth-order valence-electron chi connectivity index (χ4n) is 3.40. The van der Waals surface area contributed by atoms with Gasteiger partial charge in [0, 0.05) is 25.5 Å². The number of hydrogen-bond donors (Lipinski definition) is 1. The SMILES string of the molecule is O=C(O)N1CC=C(c2ccc3c(c2)C(=O)N(Cc2ncccn2)CCO3)CC1. The molecule has 0 bridgehead atoms. The Bertz CT molecular complexity index is 929. The monoisotopic (exact) mass is 380 g/mol. The molecular formula is C20H20N4O4. The van der Waals surface area contributed by atoms with E-state index in [4.69, 9.17) is 9.84 Å². The van der Waals surface area contributed by atoms with Gasteiger partial charge in [-0.15, -0.1) is 0 Å². The normalized spacial score (nSPS) is 16.7. The number of carbonyl (C=O) groups is 2. The zero-order valence-corrected chi connectivity index (χ0v) is 15.2. The molecule has 2 aromatic rings. The summed E-state index contributed by atoms with van der Waals surface area (Å²) in [6.07, 6.45) is 4.91. The Kier molecular flexibility index (Phi) is 4.92. The first kappa shape index (κ1) is 18.0. The fourth-order valence-corrected chi connectivity index (χ4v) is 3.40. The first-order valence-corrected chi connectivity index (χ1v) is 9.11. The van der Waals surface area contributed by atoms with Crippen LogP contribution in [-0.4, -0.2) is 63.1 Å². The van der Waals surface area contributed by atoms with Crippen molar-refractivity contribution in [1.82, 2.24) is 19.8 Å². The van der Waals surface area contributed by atoms with E-state index in [0.717, 1.165) is 11.1 Å². The van der Waals surface area contributed by atoms with Crippen molar-refractivity contribution >= 4 is 17.6 Å². The van der Waals surface area contributed by atoms with Crippen molar-refractivity contribution in [3.8, 4) is 5.75 Å². The first-order valence-electron chi connectivity index (χ1n) is 9.11. The Morgan fingerprint density at radius 1 is 1.21 bits per heavy atom. The fraction of sp³-hybridized carbons (Fsp3) is 0.300. The summed E-state index contributed by atoms with van der Waals surface area (Å²) in [6.45, 7) is 1.98. The largest absolute Gasteiger partial charge is 0.491 e. The third-order valence-electron chi connectivity index (χ3n) is 4.92. The van der Waals surface area contributed by atoms with Crippen LogP contribution in [0, 0.1) is 0 Å². The number of rotatable bonds is 3. The van der Waals surface area contributed by atoms with Gasteiger partial charge in [0.1, 0.15) is 18.2 Å². The molecule has 1 aromatic carbocycles. The molecule has 0 radical (unpaired) electrons. The molecule has 0 atom stereocenters. The van der Waals surface area contributed by atoms with Gasteiger partial charge in [-0.3, -0.25) is 4.79 Å². The molecule has 0 unspecified atom stereocenters. The van der Waals surface area contributed by atoms with Gasteiger partial charge in [0.2, 0.25) is 0 Å². The molecule has 8 nitrogen and oxygen atoms in total. The quantitative estimate of drug-likeness (QED) is 0.878. The van der Waals surface area contributed by atoms with E-state index in [1.54, 1.807) is 23.4 Å². The zero-order chi connectivity index (χ0) is 19.5. The number of fused-ring (bicyclic) bond motifs is 1. The van der Waals surface area contributed by atoms with Gasteiger partial charge in [-0.2, -0.15) is 0 Å². The highest BCUT2D eigenvalue weighted by molar-refractivity contribution is 5.98. The van der Waals surface area contributed by atoms with Gasteiger partial charge in [-0.1, -0.05) is 12.1 Å². The Hall–Kier alpha value is -3.42. The van der Waals surface area contributed by atoms with Gasteiger partial charge in [-0.05, 0) is 35.8 Å². The molecule has 2 amide bonds. The topological polar surface area (TPSA) is 95.9 Å². The van der Waals surface area contributed by atoms with Crippen LogP contribution in [-0.2, 0) is 6.54 Å². The van der Waals surface area contributed by atoms with Gasteiger partial charge in [-0.25, -0.2) is 14.8 Å². The van der Waals surface area contributed by atoms with Crippen LogP contribution in [0.1, 0.15) is 28.2 Å². The lowest BCUT2D eigenvalue weighted by Gasteiger charge is -2.24. The predicted molar refractivity (Wildman–Crippen MR) is 101 cm³/mol. The van der Waals surface area contributed by atoms with Crippen molar-refractivity contribution in [1.29, 1.82) is 0 Å². The minimum Gasteiger partial charge on any atom is -0.491 e. The van der Waals surface area contributed by atoms with Gasteiger partial charge < -0.3 is 19.6 Å². The van der Waals surface area contributed by atoms with Crippen LogP contribution in [0.5, 0.6) is 5.75 Å². The molecule has 4 rings (SSSR count). The van der Waals surface area contributed by atoms with Crippen molar-refractivity contribution in [2.45, 2.75) is 13.0 Å². The highest BCUT2D eigenvalue weighted by Crippen LogP contribution is 2.30. The van der Waals surface area contributed by atoms with Crippen LogP contribution in [0.4, 0.5) is 4.79 Å². The minimum atomic E-state index is -0.917. The van der Waals surface area contributed by atoms with E-state index in [2.05, 4.69) is 9.97 Å². The lowest BCUT2D eigenvalue weighted by molar-refractivity contribution is 0.0738. The molecule has 0 saturated heterocycles. The van der Waals surface area contributed by atoms with Gasteiger partial charge in [0.25, 0.3) is 5.91 Å². The summed E-state index contributed by atoms with van der Waals surface area (Å²) in [5.41, 5.74) is 2.46. The van der Waals surface area contributed by atoms with Crippen LogP contribution in [0.3, 0.4) is 0 Å². The molecule has 144 valence electrons. The van der Waals surface area contributed by atoms with E-state index >= 15 is 0 Å². The van der Waals surface area contributed by atoms with Crippen molar-refractivity contribution in [3.63, 3.8) is 0 Å². The maximum absolute atomic E-state index is 13.1. The average Bonchev–Trinajstić information content (AvgIpc) is 2.88. The van der Waals surface area contributed by atoms with Crippen molar-refractivity contribution < 1.29 is 19.4 Å². The molecule has 3 heterocycles. The number of hydrogen-bond acceptors (Lipinski definition) is 5. The molecule has 1 N–H and O–H groups in total. The van der Waals surface area contributed by atoms with E-state index in [0.29, 0.717) is 56.3 Å². The van der Waals surface area contributed by atoms with Crippen molar-refractivity contribution in [2.75, 3.05) is 26.2 Å². The molecule has 28 heavy (non-hydrogen) atoms. The lowest BCUT2D eigenvalue weighted by atomic mass is 9.97. The molecule has 0 fully saturated rings. The maximum Gasteiger partial charge on any atom is 0.407 e. The number of aromatic nitrogens is 2. The summed E-state index contributed by atoms with van der Waals surface area (Å²) >= 11 is 0. The molecule has 1 aromatic heterocycles. The number of benzene rings is 1. The van der Waals surface area contributed by atoms with Gasteiger partial charge >= 0.3 is 6.09 Å². The second-order valence-electron chi connectivity index (χ2n) is 6.66. The molecule has 8 heteroatoms. The summed E-state index contributed by atoms with van der Waals surface area (Å²) in [5.74, 6) is 1.03. The van der Waals surface area contributed by atoms with Crippen LogP contribution in [0.2, 0.25) is 0 Å². The van der Waals surface area contributed by atoms with Crippen LogP contribution in [0.25, 0.3) is 5.57 Å². The summed E-state index contributed by atoms with van der Waals surface area (Å²) in [5, 5.41) is 9.09. The minimum absolute atomic E-state index is 0.120. The number of nitrogens with zero attached hydrogens (tertiary/aromatic N) is 4. The molecule has 0 saturated carbocycles. The van der Waals surface area contributed by atoms with Gasteiger partial charge in [0.15, 0.2) is 0 Å². The highest BCUT2D eigenvalue weighted by Gasteiger charge is 2.25. The number of carbonyl (C=O) groups excluding carboxylic acids is 1. The lowest BCUT2D eigenvalue weighted by Crippen LogP contribution is -2.33. The zero-order valence-electron chi connectivity index (χ0n) is 15.2. The predicted octanol–water partition coefficient (Wildman–Crippen LogP) is 2.28. The summed E-state index contributed by atoms with van der Waals surface area (Å²) in [4.78, 5) is 35.6. The summed E-state index contributed by atoms with van der Waals surface area (Å²) < 4.78 is 5.77. The van der Waals surface area contributed by atoms with Crippen LogP contribution < -0.4 is 4.74 Å². The highest BCUT2D eigenvalue weighted by atomic mass is 16.5. The summed E-state index contributed by atoms with van der Waals surface area (Å²) in [7, 11) is 0. The van der Waals surface area contributed by atoms with Crippen LogP contribution >= 0.6 is 0 Å². The van der Waals surface area contributed by atoms with E-state index in [9.17, 15) is 9.59 Å². The number of amides is 2. The summed E-state index contributed by atoms with van der Waals surface area (Å²) in [6, 6.07) is 7.31. The van der Waals surface area contributed by atoms with Crippen LogP contribution in [0.15, 0.2) is 42.7 Å². The second kappa shape index (κ2) is 7.67. The Morgan fingerprint density at radius 2 is 2.04 bits per heavy atom. The smallest absolute Gasteiger partial charge is 0.407 e. The maximum atomic E-state index is 13.1. The standard InChI is InChI=1S/C20H20N4O4/c25-19-16-12-15(14-4-8-23(9-5-14)20(26)27)2-3-17(16)28-11-10-24(19)13-18-21-6-1-7-22-18/h1-4,6-7,12H,5,8-11,13H2,(H,26,27). The molecule has 2 aliphatic rings. The third kappa shape index (κ3) is 3.66. The Morgan fingerprint density at radius 3 is 2.75 bits per heavy atom. The van der Waals surface area contributed by atoms with E-state index < -0.39 is 6.09 Å². The van der Waals surface area contributed by atoms with Crippen molar-refractivity contribution in [2.24, 2.45) is 0 Å². The number of carboxylic acid groups (broad SMARTS) is 1. The molecule has 0 aliphatic carbocycles. The second-order valence-corrected chi connectivity index (χ2v) is 6.66. The molecule has 0 spiro atoms. The molecule has 2 aliphatic heterocycles. The van der Waals surface area contributed by atoms with Gasteiger partial charge in [0.05, 0.1) is 18.7 Å². The Labute approximate surface area is 162 Å². The first-order chi connectivity index (χ1) is 13.6. The Balaban J connectivity index is 1.58. The molecular weight excluding hydrogens is 360 g/mol.